The molecule has 160 valence electrons. The van der Waals surface area contributed by atoms with Gasteiger partial charge in [0.25, 0.3) is 0 Å². The van der Waals surface area contributed by atoms with E-state index in [1.54, 1.807) is 0 Å². The van der Waals surface area contributed by atoms with Crippen LogP contribution in [0.15, 0.2) is 42.5 Å². The van der Waals surface area contributed by atoms with Crippen molar-refractivity contribution >= 4 is 17.5 Å². The van der Waals surface area contributed by atoms with Crippen LogP contribution in [0.25, 0.3) is 5.69 Å². The molecule has 3 aromatic rings. The molecule has 0 radical (unpaired) electrons. The fourth-order valence-corrected chi connectivity index (χ4v) is 5.65. The molecular formula is C24H26ClN5O. The van der Waals surface area contributed by atoms with Crippen LogP contribution in [0.1, 0.15) is 41.8 Å². The lowest BCUT2D eigenvalue weighted by Crippen LogP contribution is -2.30. The van der Waals surface area contributed by atoms with E-state index in [-0.39, 0.29) is 5.60 Å². The van der Waals surface area contributed by atoms with Gasteiger partial charge in [0.15, 0.2) is 5.82 Å². The Morgan fingerprint density at radius 1 is 1.00 bits per heavy atom. The maximum atomic E-state index is 6.42. The Kier molecular flexibility index (Phi) is 4.56. The molecule has 1 fully saturated rings. The van der Waals surface area contributed by atoms with Crippen molar-refractivity contribution in [3.8, 4) is 5.69 Å². The molecular weight excluding hydrogens is 410 g/mol. The van der Waals surface area contributed by atoms with Gasteiger partial charge in [-0.2, -0.15) is 0 Å². The van der Waals surface area contributed by atoms with Crippen molar-refractivity contribution < 1.29 is 4.74 Å². The number of halogens is 1. The molecule has 6 rings (SSSR count). The molecule has 0 N–H and O–H groups in total. The van der Waals surface area contributed by atoms with Crippen molar-refractivity contribution in [1.29, 1.82) is 0 Å². The quantitative estimate of drug-likeness (QED) is 0.570. The Labute approximate surface area is 187 Å². The minimum absolute atomic E-state index is 0.168. The number of rotatable bonds is 1. The molecule has 7 heteroatoms. The Bertz CT molecular complexity index is 1140. The molecule has 3 aliphatic heterocycles. The van der Waals surface area contributed by atoms with Crippen LogP contribution in [0.2, 0.25) is 5.02 Å². The molecule has 1 aromatic heterocycles. The van der Waals surface area contributed by atoms with E-state index in [9.17, 15) is 0 Å². The normalized spacial score (nSPS) is 23.2. The van der Waals surface area contributed by atoms with Gasteiger partial charge >= 0.3 is 0 Å². The second kappa shape index (κ2) is 7.33. The van der Waals surface area contributed by atoms with Crippen LogP contribution in [-0.4, -0.2) is 39.8 Å². The number of nitrogens with zero attached hydrogens (tertiary/aromatic N) is 5. The summed E-state index contributed by atoms with van der Waals surface area (Å²) in [6.45, 7) is 4.16. The van der Waals surface area contributed by atoms with E-state index in [1.807, 2.05) is 6.07 Å². The first-order valence-corrected chi connectivity index (χ1v) is 11.4. The van der Waals surface area contributed by atoms with E-state index in [2.05, 4.69) is 68.0 Å². The summed E-state index contributed by atoms with van der Waals surface area (Å²) < 4.78 is 8.66. The molecule has 0 saturated carbocycles. The zero-order valence-corrected chi connectivity index (χ0v) is 18.5. The van der Waals surface area contributed by atoms with Crippen LogP contribution < -0.4 is 4.90 Å². The highest BCUT2D eigenvalue weighted by Gasteiger charge is 2.41. The van der Waals surface area contributed by atoms with Gasteiger partial charge in [0, 0.05) is 24.7 Å². The van der Waals surface area contributed by atoms with E-state index in [0.717, 1.165) is 74.5 Å². The van der Waals surface area contributed by atoms with Crippen LogP contribution in [0, 0.1) is 0 Å². The van der Waals surface area contributed by atoms with Crippen LogP contribution in [0.3, 0.4) is 0 Å². The molecule has 6 nitrogen and oxygen atoms in total. The lowest BCUT2D eigenvalue weighted by atomic mass is 9.86. The minimum Gasteiger partial charge on any atom is -0.366 e. The number of fused-ring (bicyclic) bond motifs is 5. The third-order valence-corrected chi connectivity index (χ3v) is 7.17. The van der Waals surface area contributed by atoms with Gasteiger partial charge in [0.1, 0.15) is 0 Å². The molecule has 4 heterocycles. The SMILES string of the molecule is CN1Cc2cc(Cl)ccc2-n2c(nnc2N2CCC[C@@]3(CC2)OCc2ccccc23)C1. The molecule has 2 aromatic carbocycles. The van der Waals surface area contributed by atoms with Crippen LogP contribution in [0.5, 0.6) is 0 Å². The lowest BCUT2D eigenvalue weighted by Gasteiger charge is -2.28. The predicted octanol–water partition coefficient (Wildman–Crippen LogP) is 4.28. The minimum atomic E-state index is -0.168. The predicted molar refractivity (Wildman–Crippen MR) is 121 cm³/mol. The number of ether oxygens (including phenoxy) is 1. The molecule has 0 amide bonds. The number of hydrogen-bond acceptors (Lipinski definition) is 5. The number of anilines is 1. The van der Waals surface area contributed by atoms with Crippen molar-refractivity contribution in [2.45, 2.75) is 44.6 Å². The van der Waals surface area contributed by atoms with E-state index >= 15 is 0 Å². The third kappa shape index (κ3) is 3.16. The Morgan fingerprint density at radius 2 is 1.90 bits per heavy atom. The van der Waals surface area contributed by atoms with Crippen molar-refractivity contribution in [2.75, 3.05) is 25.0 Å². The number of aromatic nitrogens is 3. The van der Waals surface area contributed by atoms with Gasteiger partial charge in [-0.15, -0.1) is 10.2 Å². The van der Waals surface area contributed by atoms with Gasteiger partial charge in [-0.1, -0.05) is 35.9 Å². The van der Waals surface area contributed by atoms with Crippen molar-refractivity contribution in [2.24, 2.45) is 0 Å². The summed E-state index contributed by atoms with van der Waals surface area (Å²) in [7, 11) is 2.11. The fraction of sp³-hybridized carbons (Fsp3) is 0.417. The van der Waals surface area contributed by atoms with E-state index < -0.39 is 0 Å². The van der Waals surface area contributed by atoms with Crippen LogP contribution >= 0.6 is 11.6 Å². The zero-order chi connectivity index (χ0) is 21.0. The van der Waals surface area contributed by atoms with E-state index in [0.29, 0.717) is 0 Å². The van der Waals surface area contributed by atoms with E-state index in [4.69, 9.17) is 16.3 Å². The third-order valence-electron chi connectivity index (χ3n) is 6.94. The summed E-state index contributed by atoms with van der Waals surface area (Å²) in [6, 6.07) is 14.8. The van der Waals surface area contributed by atoms with Crippen molar-refractivity contribution in [1.82, 2.24) is 19.7 Å². The number of benzene rings is 2. The first kappa shape index (κ1) is 19.3. The van der Waals surface area contributed by atoms with Gasteiger partial charge < -0.3 is 9.64 Å². The Hall–Kier alpha value is -2.41. The topological polar surface area (TPSA) is 46.4 Å². The van der Waals surface area contributed by atoms with Gasteiger partial charge in [0.2, 0.25) is 5.95 Å². The molecule has 0 aliphatic carbocycles. The average molecular weight is 436 g/mol. The Morgan fingerprint density at radius 3 is 2.84 bits per heavy atom. The highest BCUT2D eigenvalue weighted by Crippen LogP contribution is 2.44. The second-order valence-corrected chi connectivity index (χ2v) is 9.41. The van der Waals surface area contributed by atoms with Gasteiger partial charge in [-0.3, -0.25) is 9.47 Å². The Balaban J connectivity index is 1.36. The standard InChI is InChI=1S/C24H26ClN5O/c1-28-14-18-13-19(25)7-8-21(18)30-22(15-28)26-27-23(30)29-11-4-9-24(10-12-29)20-6-3-2-5-17(20)16-31-24/h2-3,5-8,13H,4,9-12,14-16H2,1H3/t24-/m0/s1. The summed E-state index contributed by atoms with van der Waals surface area (Å²) in [5.41, 5.74) is 4.87. The number of hydrogen-bond donors (Lipinski definition) is 0. The fourth-order valence-electron chi connectivity index (χ4n) is 5.45. The van der Waals surface area contributed by atoms with Gasteiger partial charge in [-0.05, 0) is 61.2 Å². The first-order chi connectivity index (χ1) is 15.1. The van der Waals surface area contributed by atoms with E-state index in [1.165, 1.54) is 16.7 Å². The molecule has 3 aliphatic rings. The summed E-state index contributed by atoms with van der Waals surface area (Å²) >= 11 is 6.32. The molecule has 31 heavy (non-hydrogen) atoms. The molecule has 1 spiro atoms. The second-order valence-electron chi connectivity index (χ2n) is 8.98. The van der Waals surface area contributed by atoms with Crippen molar-refractivity contribution in [3.05, 3.63) is 70.0 Å². The van der Waals surface area contributed by atoms with Crippen molar-refractivity contribution in [3.63, 3.8) is 0 Å². The van der Waals surface area contributed by atoms with Crippen LogP contribution in [-0.2, 0) is 30.0 Å². The smallest absolute Gasteiger partial charge is 0.231 e. The van der Waals surface area contributed by atoms with Crippen LogP contribution in [0.4, 0.5) is 5.95 Å². The molecule has 1 saturated heterocycles. The molecule has 0 unspecified atom stereocenters. The highest BCUT2D eigenvalue weighted by molar-refractivity contribution is 6.30. The van der Waals surface area contributed by atoms with Gasteiger partial charge in [-0.25, -0.2) is 0 Å². The maximum Gasteiger partial charge on any atom is 0.231 e. The maximum absolute atomic E-state index is 6.42. The first-order valence-electron chi connectivity index (χ1n) is 11.0. The van der Waals surface area contributed by atoms with Gasteiger partial charge in [0.05, 0.1) is 24.4 Å². The average Bonchev–Trinajstić information content (AvgIpc) is 3.20. The largest absolute Gasteiger partial charge is 0.366 e. The monoisotopic (exact) mass is 435 g/mol. The summed E-state index contributed by atoms with van der Waals surface area (Å²) in [4.78, 5) is 4.65. The molecule has 0 bridgehead atoms. The zero-order valence-electron chi connectivity index (χ0n) is 17.7. The lowest BCUT2D eigenvalue weighted by molar-refractivity contribution is -0.0466. The summed E-state index contributed by atoms with van der Waals surface area (Å²) in [6.07, 6.45) is 3.06. The summed E-state index contributed by atoms with van der Waals surface area (Å²) in [5, 5.41) is 10.0. The summed E-state index contributed by atoms with van der Waals surface area (Å²) in [5.74, 6) is 1.90. The highest BCUT2D eigenvalue weighted by atomic mass is 35.5. The molecule has 1 atom stereocenters.